The highest BCUT2D eigenvalue weighted by atomic mass is 19.1. The number of piperazine rings is 1. The van der Waals surface area contributed by atoms with Gasteiger partial charge in [0.15, 0.2) is 0 Å². The summed E-state index contributed by atoms with van der Waals surface area (Å²) in [6, 6.07) is 14.0. The Kier molecular flexibility index (Phi) is 6.72. The van der Waals surface area contributed by atoms with Crippen LogP contribution >= 0.6 is 0 Å². The number of halogens is 1. The van der Waals surface area contributed by atoms with Crippen LogP contribution in [0.2, 0.25) is 0 Å². The molecule has 210 valence electrons. The SMILES string of the molecule is CN1CCN([C@H]2CC[C@@H](n3cc(-c4ccc(Nc5ncc6c(F)cccc6n5)cc4)c4c(N)ncnc43)CC2)CC1. The Morgan fingerprint density at radius 1 is 0.902 bits per heavy atom. The standard InChI is InChI=1S/C31H34FN9/c1-39-13-15-40(16-14-39)22-9-11-23(12-10-22)41-18-25(28-29(33)35-19-36-30(28)41)20-5-7-21(8-6-20)37-31-34-17-24-26(32)3-2-4-27(24)38-31/h2-8,17-19,22-23H,9-16H2,1H3,(H2,33,35,36)(H,34,37,38)/t22-,23+. The molecule has 2 aromatic carbocycles. The summed E-state index contributed by atoms with van der Waals surface area (Å²) in [6.07, 6.45) is 9.94. The van der Waals surface area contributed by atoms with E-state index in [0.717, 1.165) is 53.8 Å². The monoisotopic (exact) mass is 551 g/mol. The minimum atomic E-state index is -0.330. The lowest BCUT2D eigenvalue weighted by Crippen LogP contribution is -2.49. The molecule has 10 heteroatoms. The number of nitrogens with two attached hydrogens (primary N) is 1. The van der Waals surface area contributed by atoms with Crippen molar-refractivity contribution in [1.82, 2.24) is 34.3 Å². The Labute approximate surface area is 238 Å². The van der Waals surface area contributed by atoms with E-state index < -0.39 is 0 Å². The van der Waals surface area contributed by atoms with Gasteiger partial charge in [-0.15, -0.1) is 0 Å². The first-order valence-corrected chi connectivity index (χ1v) is 14.4. The molecule has 2 fully saturated rings. The maximum Gasteiger partial charge on any atom is 0.227 e. The fourth-order valence-electron chi connectivity index (χ4n) is 6.44. The molecule has 0 radical (unpaired) electrons. The second-order valence-electron chi connectivity index (χ2n) is 11.3. The van der Waals surface area contributed by atoms with E-state index in [2.05, 4.69) is 65.0 Å². The van der Waals surface area contributed by atoms with Crippen molar-refractivity contribution in [2.75, 3.05) is 44.3 Å². The molecule has 1 saturated heterocycles. The van der Waals surface area contributed by atoms with Gasteiger partial charge in [-0.2, -0.15) is 0 Å². The summed E-state index contributed by atoms with van der Waals surface area (Å²) in [5.74, 6) is 0.579. The number of hydrogen-bond donors (Lipinski definition) is 2. The first-order chi connectivity index (χ1) is 20.0. The van der Waals surface area contributed by atoms with Gasteiger partial charge in [-0.25, -0.2) is 24.3 Å². The summed E-state index contributed by atoms with van der Waals surface area (Å²) in [6.45, 7) is 4.65. The third-order valence-corrected chi connectivity index (χ3v) is 8.78. The minimum absolute atomic E-state index is 0.330. The van der Waals surface area contributed by atoms with E-state index in [1.54, 1.807) is 18.5 Å². The van der Waals surface area contributed by atoms with Gasteiger partial charge < -0.3 is 20.5 Å². The van der Waals surface area contributed by atoms with E-state index in [1.165, 1.54) is 38.2 Å². The van der Waals surface area contributed by atoms with Crippen LogP contribution in [0.1, 0.15) is 31.7 Å². The quantitative estimate of drug-likeness (QED) is 0.306. The molecule has 0 bridgehead atoms. The number of nitrogens with zero attached hydrogens (tertiary/aromatic N) is 7. The summed E-state index contributed by atoms with van der Waals surface area (Å²) in [5, 5.41) is 4.53. The molecule has 0 unspecified atom stereocenters. The van der Waals surface area contributed by atoms with E-state index in [9.17, 15) is 4.39 Å². The predicted molar refractivity (Wildman–Crippen MR) is 161 cm³/mol. The Hall–Kier alpha value is -4.15. The van der Waals surface area contributed by atoms with Crippen LogP contribution in [-0.4, -0.2) is 73.6 Å². The zero-order valence-electron chi connectivity index (χ0n) is 23.2. The molecule has 41 heavy (non-hydrogen) atoms. The number of fused-ring (bicyclic) bond motifs is 2. The van der Waals surface area contributed by atoms with Crippen molar-refractivity contribution in [2.45, 2.75) is 37.8 Å². The van der Waals surface area contributed by atoms with Crippen LogP contribution in [0.3, 0.4) is 0 Å². The van der Waals surface area contributed by atoms with Crippen molar-refractivity contribution < 1.29 is 4.39 Å². The van der Waals surface area contributed by atoms with Crippen LogP contribution < -0.4 is 11.1 Å². The summed E-state index contributed by atoms with van der Waals surface area (Å²) in [5.41, 5.74) is 10.8. The van der Waals surface area contributed by atoms with Crippen molar-refractivity contribution in [3.63, 3.8) is 0 Å². The average molecular weight is 552 g/mol. The number of hydrogen-bond acceptors (Lipinski definition) is 8. The molecule has 0 atom stereocenters. The molecule has 1 aliphatic carbocycles. The molecule has 1 saturated carbocycles. The number of nitrogens with one attached hydrogen (secondary N) is 1. The zero-order valence-corrected chi connectivity index (χ0v) is 23.2. The van der Waals surface area contributed by atoms with Gasteiger partial charge in [-0.1, -0.05) is 18.2 Å². The Bertz CT molecular complexity index is 1680. The zero-order chi connectivity index (χ0) is 27.9. The lowest BCUT2D eigenvalue weighted by Gasteiger charge is -2.41. The average Bonchev–Trinajstić information content (AvgIpc) is 3.39. The smallest absolute Gasteiger partial charge is 0.227 e. The van der Waals surface area contributed by atoms with E-state index in [-0.39, 0.29) is 5.82 Å². The topological polar surface area (TPSA) is 101 Å². The third kappa shape index (κ3) is 4.98. The highest BCUT2D eigenvalue weighted by molar-refractivity contribution is 6.00. The van der Waals surface area contributed by atoms with Crippen molar-refractivity contribution in [2.24, 2.45) is 0 Å². The molecule has 3 aromatic heterocycles. The largest absolute Gasteiger partial charge is 0.383 e. The number of nitrogen functional groups attached to an aromatic ring is 1. The Morgan fingerprint density at radius 2 is 1.66 bits per heavy atom. The van der Waals surface area contributed by atoms with Crippen molar-refractivity contribution in [3.05, 3.63) is 67.0 Å². The molecule has 4 heterocycles. The molecule has 0 amide bonds. The molecule has 5 aromatic rings. The molecule has 3 N–H and O–H groups in total. The Balaban J connectivity index is 1.12. The molecule has 2 aliphatic rings. The Morgan fingerprint density at radius 3 is 2.44 bits per heavy atom. The minimum Gasteiger partial charge on any atom is -0.383 e. The van der Waals surface area contributed by atoms with Gasteiger partial charge >= 0.3 is 0 Å². The second kappa shape index (κ2) is 10.7. The van der Waals surface area contributed by atoms with Crippen LogP contribution in [0.5, 0.6) is 0 Å². The van der Waals surface area contributed by atoms with Gasteiger partial charge in [0.05, 0.1) is 16.3 Å². The number of rotatable bonds is 5. The molecular weight excluding hydrogens is 517 g/mol. The summed E-state index contributed by atoms with van der Waals surface area (Å²) in [4.78, 5) is 22.9. The molecule has 9 nitrogen and oxygen atoms in total. The van der Waals surface area contributed by atoms with Gasteiger partial charge in [0.1, 0.15) is 23.6 Å². The van der Waals surface area contributed by atoms with Crippen molar-refractivity contribution in [1.29, 1.82) is 0 Å². The van der Waals surface area contributed by atoms with E-state index in [1.807, 2.05) is 12.1 Å². The van der Waals surface area contributed by atoms with E-state index in [4.69, 9.17) is 5.73 Å². The lowest BCUT2D eigenvalue weighted by molar-refractivity contribution is 0.0828. The van der Waals surface area contributed by atoms with E-state index >= 15 is 0 Å². The highest BCUT2D eigenvalue weighted by Crippen LogP contribution is 2.39. The third-order valence-electron chi connectivity index (χ3n) is 8.78. The predicted octanol–water partition coefficient (Wildman–Crippen LogP) is 5.24. The van der Waals surface area contributed by atoms with Gasteiger partial charge in [-0.3, -0.25) is 4.90 Å². The summed E-state index contributed by atoms with van der Waals surface area (Å²) < 4.78 is 16.3. The van der Waals surface area contributed by atoms with Gasteiger partial charge in [0.25, 0.3) is 0 Å². The molecule has 1 aliphatic heterocycles. The normalized spacial score (nSPS) is 20.5. The van der Waals surface area contributed by atoms with Crippen LogP contribution in [0.25, 0.3) is 33.1 Å². The van der Waals surface area contributed by atoms with Crippen LogP contribution in [0.15, 0.2) is 61.2 Å². The number of benzene rings is 2. The fourth-order valence-corrected chi connectivity index (χ4v) is 6.44. The number of likely N-dealkylation sites (N-methyl/N-ethyl adjacent to an activating group) is 1. The van der Waals surface area contributed by atoms with Crippen molar-refractivity contribution in [3.8, 4) is 11.1 Å². The van der Waals surface area contributed by atoms with Crippen LogP contribution in [-0.2, 0) is 0 Å². The first kappa shape index (κ1) is 25.8. The summed E-state index contributed by atoms with van der Waals surface area (Å²) in [7, 11) is 2.21. The lowest BCUT2D eigenvalue weighted by atomic mass is 9.89. The second-order valence-corrected chi connectivity index (χ2v) is 11.3. The first-order valence-electron chi connectivity index (χ1n) is 14.4. The number of aromatic nitrogens is 5. The van der Waals surface area contributed by atoms with Crippen molar-refractivity contribution >= 4 is 39.4 Å². The molecule has 0 spiro atoms. The van der Waals surface area contributed by atoms with Crippen LogP contribution in [0, 0.1) is 5.82 Å². The maximum atomic E-state index is 14.0. The fraction of sp³-hybridized carbons (Fsp3) is 0.355. The van der Waals surface area contributed by atoms with Gasteiger partial charge in [0, 0.05) is 61.9 Å². The van der Waals surface area contributed by atoms with E-state index in [0.29, 0.717) is 34.8 Å². The number of anilines is 3. The summed E-state index contributed by atoms with van der Waals surface area (Å²) >= 11 is 0. The maximum absolute atomic E-state index is 14.0. The molecule has 7 rings (SSSR count). The molecular formula is C31H34FN9. The highest BCUT2D eigenvalue weighted by Gasteiger charge is 2.30. The van der Waals surface area contributed by atoms with Gasteiger partial charge in [0.2, 0.25) is 5.95 Å². The van der Waals surface area contributed by atoms with Gasteiger partial charge in [-0.05, 0) is 62.6 Å². The van der Waals surface area contributed by atoms with Crippen LogP contribution in [0.4, 0.5) is 21.8 Å².